The van der Waals surface area contributed by atoms with Crippen LogP contribution in [-0.2, 0) is 6.42 Å². The fourth-order valence-electron chi connectivity index (χ4n) is 11.9. The number of rotatable bonds is 19. The Kier molecular flexibility index (Phi) is 16.3. The summed E-state index contributed by atoms with van der Waals surface area (Å²) in [6.07, 6.45) is 7.93. The smallest absolute Gasteiger partial charge is 0.219 e. The standard InChI is InChI=1S/C78H62ClNO6S/c1-6-7-9-27-54-46-64(53-23-10-8-11-24-53)73(62-35-18-16-31-58(54)62)85-77-75(82-5)69(84-67-38-21-29-52-26-13-15-33-60(52)67)47-68(81-4)76(77)86-74-63-36-19-17-34-61(63)71(55-30-22-45-80-48-55)72(78(74)87-57-42-40-56(79)41-43-57)70-49(2)39-44-65(50(70)3)83-66-37-20-28-51-25-12-14-32-59(51)66/h8,10-26,28-48H,6-7,9,27H2,1-5H3. The first-order valence-electron chi connectivity index (χ1n) is 29.4. The minimum atomic E-state index is 0.246. The Bertz CT molecular complexity index is 4680. The van der Waals surface area contributed by atoms with Crippen LogP contribution in [0, 0.1) is 13.8 Å². The van der Waals surface area contributed by atoms with E-state index in [-0.39, 0.29) is 11.5 Å². The number of fused-ring (bicyclic) bond motifs is 4. The maximum atomic E-state index is 7.94. The molecule has 0 spiro atoms. The molecule has 0 radical (unpaired) electrons. The predicted octanol–water partition coefficient (Wildman–Crippen LogP) is 23.0. The van der Waals surface area contributed by atoms with Gasteiger partial charge in [0.05, 0.1) is 19.1 Å². The number of hydrogen-bond acceptors (Lipinski definition) is 8. The molecule has 428 valence electrons. The zero-order chi connectivity index (χ0) is 59.4. The topological polar surface area (TPSA) is 68.3 Å². The van der Waals surface area contributed by atoms with Crippen molar-refractivity contribution in [1.82, 2.24) is 4.98 Å². The van der Waals surface area contributed by atoms with Crippen molar-refractivity contribution >= 4 is 66.5 Å². The summed E-state index contributed by atoms with van der Waals surface area (Å²) in [5, 5.41) is 8.45. The zero-order valence-corrected chi connectivity index (χ0v) is 50.6. The third kappa shape index (κ3) is 11.1. The molecule has 0 aliphatic carbocycles. The Morgan fingerprint density at radius 3 is 1.68 bits per heavy atom. The quantitative estimate of drug-likeness (QED) is 0.0742. The molecule has 87 heavy (non-hydrogen) atoms. The van der Waals surface area contributed by atoms with Crippen LogP contribution >= 0.6 is 23.4 Å². The first-order valence-corrected chi connectivity index (χ1v) is 30.6. The molecule has 7 nitrogen and oxygen atoms in total. The molecule has 0 aliphatic rings. The van der Waals surface area contributed by atoms with Gasteiger partial charge in [0.2, 0.25) is 17.2 Å². The Labute approximate surface area is 516 Å². The van der Waals surface area contributed by atoms with Gasteiger partial charge in [0.25, 0.3) is 0 Å². The van der Waals surface area contributed by atoms with E-state index in [0.717, 1.165) is 129 Å². The summed E-state index contributed by atoms with van der Waals surface area (Å²) in [5.74, 6) is 4.75. The monoisotopic (exact) mass is 1180 g/mol. The minimum absolute atomic E-state index is 0.246. The molecule has 13 rings (SSSR count). The molecule has 0 fully saturated rings. The lowest BCUT2D eigenvalue weighted by atomic mass is 9.86. The number of benzene rings is 12. The van der Waals surface area contributed by atoms with E-state index in [9.17, 15) is 0 Å². The largest absolute Gasteiger partial charge is 0.493 e. The third-order valence-electron chi connectivity index (χ3n) is 16.1. The van der Waals surface area contributed by atoms with Gasteiger partial charge < -0.3 is 28.4 Å². The Balaban J connectivity index is 1.11. The molecule has 9 heteroatoms. The highest BCUT2D eigenvalue weighted by atomic mass is 35.5. The number of halogens is 1. The summed E-state index contributed by atoms with van der Waals surface area (Å²) in [6.45, 7) is 6.53. The van der Waals surface area contributed by atoms with Gasteiger partial charge in [-0.15, -0.1) is 0 Å². The van der Waals surface area contributed by atoms with E-state index in [0.29, 0.717) is 45.3 Å². The minimum Gasteiger partial charge on any atom is -0.493 e. The summed E-state index contributed by atoms with van der Waals surface area (Å²) in [4.78, 5) is 6.48. The second-order valence-electron chi connectivity index (χ2n) is 21.5. The lowest BCUT2D eigenvalue weighted by molar-refractivity contribution is 0.324. The van der Waals surface area contributed by atoms with E-state index in [1.807, 2.05) is 109 Å². The molecule has 0 atom stereocenters. The molecule has 0 unspecified atom stereocenters. The highest BCUT2D eigenvalue weighted by Crippen LogP contribution is 2.60. The fourth-order valence-corrected chi connectivity index (χ4v) is 13.1. The second-order valence-corrected chi connectivity index (χ2v) is 23.1. The molecule has 0 N–H and O–H groups in total. The van der Waals surface area contributed by atoms with Crippen LogP contribution in [0.5, 0.6) is 57.5 Å². The third-order valence-corrected chi connectivity index (χ3v) is 17.4. The summed E-state index contributed by atoms with van der Waals surface area (Å²) in [6, 6.07) is 76.3. The van der Waals surface area contributed by atoms with E-state index < -0.39 is 0 Å². The van der Waals surface area contributed by atoms with Gasteiger partial charge in [-0.25, -0.2) is 0 Å². The van der Waals surface area contributed by atoms with Crippen molar-refractivity contribution < 1.29 is 28.4 Å². The summed E-state index contributed by atoms with van der Waals surface area (Å²) in [7, 11) is 3.28. The van der Waals surface area contributed by atoms with Crippen molar-refractivity contribution in [2.24, 2.45) is 0 Å². The van der Waals surface area contributed by atoms with Crippen LogP contribution in [0.3, 0.4) is 0 Å². The van der Waals surface area contributed by atoms with Crippen LogP contribution in [0.25, 0.3) is 76.5 Å². The van der Waals surface area contributed by atoms with E-state index in [1.54, 1.807) is 26.0 Å². The summed E-state index contributed by atoms with van der Waals surface area (Å²) < 4.78 is 43.1. The van der Waals surface area contributed by atoms with Crippen molar-refractivity contribution in [3.05, 3.63) is 259 Å². The molecule has 12 aromatic carbocycles. The molecule has 0 saturated heterocycles. The van der Waals surface area contributed by atoms with Crippen LogP contribution in [0.2, 0.25) is 5.02 Å². The number of aromatic nitrogens is 1. The lowest BCUT2D eigenvalue weighted by Crippen LogP contribution is -2.04. The molecular formula is C78H62ClNO6S. The van der Waals surface area contributed by atoms with Gasteiger partial charge >= 0.3 is 0 Å². The van der Waals surface area contributed by atoms with Crippen LogP contribution in [0.1, 0.15) is 42.9 Å². The summed E-state index contributed by atoms with van der Waals surface area (Å²) in [5.41, 5.74) is 8.88. The van der Waals surface area contributed by atoms with Gasteiger partial charge in [-0.05, 0) is 131 Å². The molecule has 1 aromatic heterocycles. The number of aryl methyl sites for hydroxylation is 2. The summed E-state index contributed by atoms with van der Waals surface area (Å²) >= 11 is 8.27. The SMILES string of the molecule is CCCCCc1cc(-c2ccccc2)c(Oc2c(OC)c(Oc3cccc4ccccc34)cc(OC)c2Oc2c(Sc3ccc(Cl)cc3)c(-c3c(C)ccc(Oc4cccc5ccccc45)c3C)c(-c3cccnc3)c3ccccc23)c2ccccc12. The number of unbranched alkanes of at least 4 members (excludes halogenated alkanes) is 2. The lowest BCUT2D eigenvalue weighted by Gasteiger charge is -2.27. The maximum Gasteiger partial charge on any atom is 0.219 e. The normalized spacial score (nSPS) is 11.3. The number of nitrogens with zero attached hydrogens (tertiary/aromatic N) is 1. The van der Waals surface area contributed by atoms with E-state index in [1.165, 1.54) is 5.56 Å². The molecule has 0 bridgehead atoms. The van der Waals surface area contributed by atoms with Crippen LogP contribution < -0.4 is 28.4 Å². The van der Waals surface area contributed by atoms with E-state index in [4.69, 9.17) is 45.0 Å². The highest BCUT2D eigenvalue weighted by molar-refractivity contribution is 7.99. The predicted molar refractivity (Wildman–Crippen MR) is 358 cm³/mol. The molecule has 1 heterocycles. The number of pyridine rings is 1. The zero-order valence-electron chi connectivity index (χ0n) is 49.0. The van der Waals surface area contributed by atoms with Crippen molar-refractivity contribution in [1.29, 1.82) is 0 Å². The molecular weight excluding hydrogens is 1110 g/mol. The van der Waals surface area contributed by atoms with Gasteiger partial charge in [0.1, 0.15) is 28.7 Å². The van der Waals surface area contributed by atoms with Crippen LogP contribution in [-0.4, -0.2) is 19.2 Å². The van der Waals surface area contributed by atoms with Crippen molar-refractivity contribution in [3.63, 3.8) is 0 Å². The number of methoxy groups -OCH3 is 2. The average molecular weight is 1180 g/mol. The Morgan fingerprint density at radius 2 is 1.02 bits per heavy atom. The Morgan fingerprint density at radius 1 is 0.425 bits per heavy atom. The fraction of sp³-hybridized carbons (Fsp3) is 0.115. The second kappa shape index (κ2) is 25.1. The van der Waals surface area contributed by atoms with Crippen molar-refractivity contribution in [3.8, 4) is 90.9 Å². The molecule has 0 saturated carbocycles. The van der Waals surface area contributed by atoms with Crippen molar-refractivity contribution in [2.45, 2.75) is 56.2 Å². The van der Waals surface area contributed by atoms with Gasteiger partial charge in [-0.2, -0.15) is 0 Å². The van der Waals surface area contributed by atoms with Crippen LogP contribution in [0.4, 0.5) is 0 Å². The number of hydrogen-bond donors (Lipinski definition) is 0. The highest BCUT2D eigenvalue weighted by Gasteiger charge is 2.33. The number of ether oxygens (including phenoxy) is 6. The molecule has 0 amide bonds. The van der Waals surface area contributed by atoms with Crippen molar-refractivity contribution in [2.75, 3.05) is 14.2 Å². The maximum absolute atomic E-state index is 7.94. The first-order chi connectivity index (χ1) is 42.8. The van der Waals surface area contributed by atoms with Gasteiger partial charge in [0, 0.05) is 72.2 Å². The Hall–Kier alpha value is -9.73. The van der Waals surface area contributed by atoms with Gasteiger partial charge in [-0.3, -0.25) is 4.98 Å². The van der Waals surface area contributed by atoms with Crippen LogP contribution in [0.15, 0.2) is 247 Å². The van der Waals surface area contributed by atoms with E-state index in [2.05, 4.69) is 148 Å². The molecule has 0 aliphatic heterocycles. The van der Waals surface area contributed by atoms with Gasteiger partial charge in [0.15, 0.2) is 11.5 Å². The molecule has 13 aromatic rings. The van der Waals surface area contributed by atoms with E-state index >= 15 is 0 Å². The average Bonchev–Trinajstić information content (AvgIpc) is 1.16. The first kappa shape index (κ1) is 56.4. The van der Waals surface area contributed by atoms with Gasteiger partial charge in [-0.1, -0.05) is 207 Å².